The highest BCUT2D eigenvalue weighted by Gasteiger charge is 2.22. The van der Waals surface area contributed by atoms with Crippen LogP contribution in [0, 0.1) is 0 Å². The molecule has 0 heterocycles. The normalized spacial score (nSPS) is 11.1. The fourth-order valence-corrected chi connectivity index (χ4v) is 3.15. The van der Waals surface area contributed by atoms with Crippen molar-refractivity contribution in [3.63, 3.8) is 0 Å². The molecule has 8 heteroatoms. The molecule has 0 amide bonds. The van der Waals surface area contributed by atoms with Gasteiger partial charge in [-0.1, -0.05) is 26.0 Å². The van der Waals surface area contributed by atoms with Crippen molar-refractivity contribution in [2.45, 2.75) is 18.7 Å². The van der Waals surface area contributed by atoms with Crippen LogP contribution in [0.3, 0.4) is 0 Å². The Morgan fingerprint density at radius 1 is 1.23 bits per heavy atom. The first-order chi connectivity index (χ1) is 9.96. The zero-order valence-corrected chi connectivity index (χ0v) is 14.7. The summed E-state index contributed by atoms with van der Waals surface area (Å²) in [6.07, 6.45) is 0. The first kappa shape index (κ1) is 20.9. The quantitative estimate of drug-likeness (QED) is 0.719. The summed E-state index contributed by atoms with van der Waals surface area (Å²) in [4.78, 5) is 13.7. The van der Waals surface area contributed by atoms with E-state index in [-0.39, 0.29) is 22.9 Å². The molecule has 0 aromatic heterocycles. The van der Waals surface area contributed by atoms with Gasteiger partial charge in [0.15, 0.2) is 0 Å². The molecule has 0 aliphatic carbocycles. The third kappa shape index (κ3) is 5.57. The molecule has 0 spiro atoms. The lowest BCUT2D eigenvalue weighted by atomic mass is 10.2. The third-order valence-corrected chi connectivity index (χ3v) is 4.72. The van der Waals surface area contributed by atoms with E-state index in [9.17, 15) is 13.2 Å². The summed E-state index contributed by atoms with van der Waals surface area (Å²) in [5, 5.41) is 0. The maximum Gasteiger partial charge on any atom is 0.339 e. The van der Waals surface area contributed by atoms with Crippen molar-refractivity contribution in [3.8, 4) is 0 Å². The number of nitrogens with zero attached hydrogens (tertiary/aromatic N) is 1. The van der Waals surface area contributed by atoms with Crippen LogP contribution in [0.2, 0.25) is 0 Å². The smallest absolute Gasteiger partial charge is 0.339 e. The minimum absolute atomic E-state index is 0. The van der Waals surface area contributed by atoms with E-state index >= 15 is 0 Å². The second-order valence-corrected chi connectivity index (χ2v) is 6.15. The van der Waals surface area contributed by atoms with Gasteiger partial charge in [0.1, 0.15) is 0 Å². The molecule has 0 unspecified atom stereocenters. The number of benzene rings is 1. The van der Waals surface area contributed by atoms with E-state index in [1.807, 2.05) is 13.8 Å². The second kappa shape index (κ2) is 9.78. The Bertz CT molecular complexity index is 574. The Morgan fingerprint density at radius 2 is 1.82 bits per heavy atom. The number of methoxy groups -OCH3 is 1. The monoisotopic (exact) mass is 350 g/mol. The van der Waals surface area contributed by atoms with Gasteiger partial charge in [-0.05, 0) is 25.2 Å². The summed E-state index contributed by atoms with van der Waals surface area (Å²) in [5.41, 5.74) is 0.0374. The predicted molar refractivity (Wildman–Crippen MR) is 88.0 cm³/mol. The summed E-state index contributed by atoms with van der Waals surface area (Å²) in [6.45, 7) is 6.66. The average Bonchev–Trinajstić information content (AvgIpc) is 2.50. The van der Waals surface area contributed by atoms with Gasteiger partial charge in [-0.2, -0.15) is 0 Å². The lowest BCUT2D eigenvalue weighted by Gasteiger charge is -2.18. The van der Waals surface area contributed by atoms with Crippen molar-refractivity contribution < 1.29 is 17.9 Å². The molecule has 0 bridgehead atoms. The Kier molecular flexibility index (Phi) is 9.27. The van der Waals surface area contributed by atoms with Gasteiger partial charge in [0.05, 0.1) is 17.6 Å². The highest BCUT2D eigenvalue weighted by molar-refractivity contribution is 7.89. The molecule has 0 aliphatic rings. The van der Waals surface area contributed by atoms with Crippen LogP contribution in [0.1, 0.15) is 24.2 Å². The van der Waals surface area contributed by atoms with E-state index in [1.54, 1.807) is 12.1 Å². The van der Waals surface area contributed by atoms with E-state index < -0.39 is 16.0 Å². The molecule has 1 rings (SSSR count). The van der Waals surface area contributed by atoms with Gasteiger partial charge in [-0.25, -0.2) is 17.9 Å². The second-order valence-electron chi connectivity index (χ2n) is 4.41. The van der Waals surface area contributed by atoms with Gasteiger partial charge in [-0.3, -0.25) is 0 Å². The Hall–Kier alpha value is -1.15. The summed E-state index contributed by atoms with van der Waals surface area (Å²) < 4.78 is 31.7. The van der Waals surface area contributed by atoms with E-state index in [2.05, 4.69) is 14.4 Å². The van der Waals surface area contributed by atoms with E-state index in [0.717, 1.165) is 13.1 Å². The maximum atomic E-state index is 12.3. The van der Waals surface area contributed by atoms with Gasteiger partial charge < -0.3 is 9.64 Å². The largest absolute Gasteiger partial charge is 0.465 e. The molecule has 1 aromatic rings. The number of carbonyl (C=O) groups is 1. The molecule has 0 fully saturated rings. The van der Waals surface area contributed by atoms with Crippen LogP contribution < -0.4 is 4.72 Å². The summed E-state index contributed by atoms with van der Waals surface area (Å²) in [6, 6.07) is 6.00. The molecule has 1 N–H and O–H groups in total. The van der Waals surface area contributed by atoms with Crippen molar-refractivity contribution in [2.24, 2.45) is 0 Å². The van der Waals surface area contributed by atoms with Crippen molar-refractivity contribution in [1.82, 2.24) is 9.62 Å². The summed E-state index contributed by atoms with van der Waals surface area (Å²) >= 11 is 0. The number of rotatable bonds is 8. The number of esters is 1. The van der Waals surface area contributed by atoms with Crippen LogP contribution in [0.4, 0.5) is 0 Å². The Morgan fingerprint density at radius 3 is 2.36 bits per heavy atom. The van der Waals surface area contributed by atoms with Gasteiger partial charge in [0, 0.05) is 13.1 Å². The summed E-state index contributed by atoms with van der Waals surface area (Å²) in [5.74, 6) is -0.667. The number of hydrogen-bond acceptors (Lipinski definition) is 5. The Labute approximate surface area is 138 Å². The van der Waals surface area contributed by atoms with Crippen LogP contribution in [0.15, 0.2) is 29.2 Å². The van der Waals surface area contributed by atoms with E-state index in [1.165, 1.54) is 19.2 Å². The molecular weight excluding hydrogens is 328 g/mol. The predicted octanol–water partition coefficient (Wildman–Crippen LogP) is 1.52. The number of likely N-dealkylation sites (N-methyl/N-ethyl adjacent to an activating group) is 1. The summed E-state index contributed by atoms with van der Waals surface area (Å²) in [7, 11) is -2.51. The molecule has 1 aromatic carbocycles. The van der Waals surface area contributed by atoms with Crippen molar-refractivity contribution in [2.75, 3.05) is 33.3 Å². The molecule has 0 saturated heterocycles. The highest BCUT2D eigenvalue weighted by Crippen LogP contribution is 2.16. The minimum Gasteiger partial charge on any atom is -0.465 e. The first-order valence-corrected chi connectivity index (χ1v) is 8.34. The van der Waals surface area contributed by atoms with E-state index in [4.69, 9.17) is 0 Å². The molecule has 6 nitrogen and oxygen atoms in total. The van der Waals surface area contributed by atoms with Gasteiger partial charge >= 0.3 is 5.97 Å². The number of nitrogens with one attached hydrogen (secondary N) is 1. The van der Waals surface area contributed by atoms with Crippen LogP contribution in [0.5, 0.6) is 0 Å². The third-order valence-electron chi connectivity index (χ3n) is 3.20. The maximum absolute atomic E-state index is 12.3. The van der Waals surface area contributed by atoms with Gasteiger partial charge in [0.2, 0.25) is 10.0 Å². The van der Waals surface area contributed by atoms with Gasteiger partial charge in [0.25, 0.3) is 0 Å². The van der Waals surface area contributed by atoms with Crippen LogP contribution >= 0.6 is 12.4 Å². The molecular formula is C14H23ClN2O4S. The molecule has 22 heavy (non-hydrogen) atoms. The highest BCUT2D eigenvalue weighted by atomic mass is 35.5. The standard InChI is InChI=1S/C14H22N2O4S.ClH/c1-4-16(5-2)11-10-15-21(18,19)13-9-7-6-8-12(13)14(17)20-3;/h6-9,15H,4-5,10-11H2,1-3H3;1H. The lowest BCUT2D eigenvalue weighted by Crippen LogP contribution is -2.35. The van der Waals surface area contributed by atoms with Gasteiger partial charge in [-0.15, -0.1) is 12.4 Å². The number of halogens is 1. The Balaban J connectivity index is 0.00000441. The SMILES string of the molecule is CCN(CC)CCNS(=O)(=O)c1ccccc1C(=O)OC.Cl. The van der Waals surface area contributed by atoms with E-state index in [0.29, 0.717) is 13.1 Å². The zero-order valence-electron chi connectivity index (χ0n) is 13.0. The number of hydrogen-bond donors (Lipinski definition) is 1. The lowest BCUT2D eigenvalue weighted by molar-refractivity contribution is 0.0596. The van der Waals surface area contributed by atoms with Crippen molar-refractivity contribution in [1.29, 1.82) is 0 Å². The average molecular weight is 351 g/mol. The van der Waals surface area contributed by atoms with Crippen LogP contribution in [0.25, 0.3) is 0 Å². The topological polar surface area (TPSA) is 75.7 Å². The molecule has 0 radical (unpaired) electrons. The number of carbonyl (C=O) groups excluding carboxylic acids is 1. The fraction of sp³-hybridized carbons (Fsp3) is 0.500. The van der Waals surface area contributed by atoms with Crippen LogP contribution in [-0.4, -0.2) is 52.6 Å². The minimum atomic E-state index is -3.74. The zero-order chi connectivity index (χ0) is 15.9. The molecule has 126 valence electrons. The molecule has 0 atom stereocenters. The number of sulfonamides is 1. The van der Waals surface area contributed by atoms with Crippen molar-refractivity contribution in [3.05, 3.63) is 29.8 Å². The molecule has 0 saturated carbocycles. The van der Waals surface area contributed by atoms with Crippen molar-refractivity contribution >= 4 is 28.4 Å². The van der Waals surface area contributed by atoms with Crippen LogP contribution in [-0.2, 0) is 14.8 Å². The number of ether oxygens (including phenoxy) is 1. The first-order valence-electron chi connectivity index (χ1n) is 6.85. The fourth-order valence-electron chi connectivity index (χ4n) is 1.94. The molecule has 0 aliphatic heterocycles.